The molecule has 41 heavy (non-hydrogen) atoms. The third-order valence-electron chi connectivity index (χ3n) is 8.24. The van der Waals surface area contributed by atoms with Gasteiger partial charge in [0.2, 0.25) is 5.91 Å². The number of piperidine rings is 1. The number of carbonyl (C=O) groups is 1. The van der Waals surface area contributed by atoms with Gasteiger partial charge in [-0.15, -0.1) is 0 Å². The first-order chi connectivity index (χ1) is 19.9. The van der Waals surface area contributed by atoms with E-state index in [0.717, 1.165) is 95.2 Å². The summed E-state index contributed by atoms with van der Waals surface area (Å²) in [6.45, 7) is 3.19. The number of pyridine rings is 1. The van der Waals surface area contributed by atoms with Crippen molar-refractivity contribution in [3.05, 3.63) is 72.0 Å². The lowest BCUT2D eigenvalue weighted by Crippen LogP contribution is -2.37. The van der Waals surface area contributed by atoms with Crippen LogP contribution in [-0.2, 0) is 38.2 Å². The van der Waals surface area contributed by atoms with Gasteiger partial charge in [-0.3, -0.25) is 23.8 Å². The van der Waals surface area contributed by atoms with Crippen molar-refractivity contribution in [1.29, 1.82) is 0 Å². The number of aromatic nitrogens is 9. The second-order valence-corrected chi connectivity index (χ2v) is 11.0. The highest BCUT2D eigenvalue weighted by molar-refractivity contribution is 5.84. The Balaban J connectivity index is 1.15. The molecule has 0 spiro atoms. The molecule has 0 bridgehead atoms. The maximum Gasteiger partial charge on any atom is 0.219 e. The van der Waals surface area contributed by atoms with E-state index in [1.165, 1.54) is 0 Å². The predicted molar refractivity (Wildman–Crippen MR) is 153 cm³/mol. The summed E-state index contributed by atoms with van der Waals surface area (Å²) in [7, 11) is 3.89. The molecule has 7 rings (SSSR count). The SMILES string of the molecule is CC(=O)N1CCC(n2cc(Cc3ncc4c(n3)-c3c(nn(C)c3-c3ccc(-c5cnn(C)c5)nc3)CC4)cn2)CC1. The predicted octanol–water partition coefficient (Wildman–Crippen LogP) is 3.41. The van der Waals surface area contributed by atoms with E-state index >= 15 is 0 Å². The van der Waals surface area contributed by atoms with Crippen LogP contribution in [0.2, 0.25) is 0 Å². The number of carbonyl (C=O) groups excluding carboxylic acids is 1. The third kappa shape index (κ3) is 4.71. The van der Waals surface area contributed by atoms with E-state index in [-0.39, 0.29) is 5.91 Å². The van der Waals surface area contributed by atoms with Gasteiger partial charge in [0.15, 0.2) is 0 Å². The Labute approximate surface area is 237 Å². The van der Waals surface area contributed by atoms with Gasteiger partial charge in [0.1, 0.15) is 5.82 Å². The Kier molecular flexibility index (Phi) is 6.21. The fraction of sp³-hybridized carbons (Fsp3) is 0.367. The van der Waals surface area contributed by atoms with Gasteiger partial charge in [0.25, 0.3) is 0 Å². The molecule has 0 atom stereocenters. The zero-order valence-corrected chi connectivity index (χ0v) is 23.5. The van der Waals surface area contributed by atoms with Crippen molar-refractivity contribution in [3.8, 4) is 33.8 Å². The van der Waals surface area contributed by atoms with Crippen molar-refractivity contribution in [1.82, 2.24) is 49.2 Å². The average Bonchev–Trinajstić information content (AvgIpc) is 3.71. The number of rotatable bonds is 5. The van der Waals surface area contributed by atoms with E-state index in [4.69, 9.17) is 20.1 Å². The minimum absolute atomic E-state index is 0.145. The molecule has 0 saturated carbocycles. The van der Waals surface area contributed by atoms with Crippen LogP contribution in [0.15, 0.2) is 49.3 Å². The molecule has 6 heterocycles. The summed E-state index contributed by atoms with van der Waals surface area (Å²) in [5.41, 5.74) is 9.19. The molecule has 1 amide bonds. The maximum atomic E-state index is 11.7. The van der Waals surface area contributed by atoms with Gasteiger partial charge in [-0.2, -0.15) is 15.3 Å². The van der Waals surface area contributed by atoms with E-state index in [1.807, 2.05) is 65.4 Å². The Bertz CT molecular complexity index is 1740. The number of likely N-dealkylation sites (tertiary alicyclic amines) is 1. The highest BCUT2D eigenvalue weighted by Crippen LogP contribution is 2.39. The molecule has 1 aliphatic heterocycles. The summed E-state index contributed by atoms with van der Waals surface area (Å²) in [5, 5.41) is 13.8. The van der Waals surface area contributed by atoms with Crippen LogP contribution in [0.25, 0.3) is 33.8 Å². The largest absolute Gasteiger partial charge is 0.343 e. The van der Waals surface area contributed by atoms with Crippen LogP contribution in [0.1, 0.15) is 48.5 Å². The van der Waals surface area contributed by atoms with Gasteiger partial charge < -0.3 is 4.90 Å². The Morgan fingerprint density at radius 1 is 0.951 bits per heavy atom. The lowest BCUT2D eigenvalue weighted by molar-refractivity contribution is -0.130. The molecule has 1 aliphatic carbocycles. The van der Waals surface area contributed by atoms with Crippen LogP contribution in [0.3, 0.4) is 0 Å². The zero-order chi connectivity index (χ0) is 28.1. The minimum Gasteiger partial charge on any atom is -0.343 e. The van der Waals surface area contributed by atoms with Crippen molar-refractivity contribution >= 4 is 5.91 Å². The molecule has 5 aromatic heterocycles. The highest BCUT2D eigenvalue weighted by atomic mass is 16.2. The second kappa shape index (κ2) is 10.1. The molecule has 208 valence electrons. The monoisotopic (exact) mass is 548 g/mol. The summed E-state index contributed by atoms with van der Waals surface area (Å²) in [4.78, 5) is 28.1. The van der Waals surface area contributed by atoms with E-state index in [9.17, 15) is 4.79 Å². The fourth-order valence-electron chi connectivity index (χ4n) is 6.07. The molecule has 1 saturated heterocycles. The van der Waals surface area contributed by atoms with Crippen molar-refractivity contribution in [3.63, 3.8) is 0 Å². The molecule has 1 fully saturated rings. The van der Waals surface area contributed by atoms with Crippen LogP contribution in [0, 0.1) is 0 Å². The number of hydrogen-bond acceptors (Lipinski definition) is 7. The van der Waals surface area contributed by atoms with Gasteiger partial charge in [-0.05, 0) is 48.9 Å². The fourth-order valence-corrected chi connectivity index (χ4v) is 6.07. The summed E-state index contributed by atoms with van der Waals surface area (Å²) in [6, 6.07) is 4.43. The molecule has 5 aromatic rings. The van der Waals surface area contributed by atoms with Crippen LogP contribution in [-0.4, -0.2) is 68.2 Å². The lowest BCUT2D eigenvalue weighted by atomic mass is 9.91. The third-order valence-corrected chi connectivity index (χ3v) is 8.24. The molecule has 0 N–H and O–H groups in total. The van der Waals surface area contributed by atoms with Crippen molar-refractivity contribution in [2.75, 3.05) is 13.1 Å². The number of nitrogens with zero attached hydrogens (tertiary/aromatic N) is 10. The zero-order valence-electron chi connectivity index (χ0n) is 23.5. The van der Waals surface area contributed by atoms with E-state index < -0.39 is 0 Å². The minimum atomic E-state index is 0.145. The maximum absolute atomic E-state index is 11.7. The first-order valence-corrected chi connectivity index (χ1v) is 14.1. The molecule has 0 unspecified atom stereocenters. The number of aryl methyl sites for hydroxylation is 4. The molecular formula is C30H32N10O. The quantitative estimate of drug-likeness (QED) is 0.331. The molecular weight excluding hydrogens is 516 g/mol. The van der Waals surface area contributed by atoms with Gasteiger partial charge in [0.05, 0.1) is 41.2 Å². The van der Waals surface area contributed by atoms with Crippen molar-refractivity contribution < 1.29 is 4.79 Å². The molecule has 11 nitrogen and oxygen atoms in total. The van der Waals surface area contributed by atoms with Gasteiger partial charge >= 0.3 is 0 Å². The first-order valence-electron chi connectivity index (χ1n) is 14.1. The van der Waals surface area contributed by atoms with E-state index in [2.05, 4.69) is 22.5 Å². The van der Waals surface area contributed by atoms with Crippen molar-refractivity contribution in [2.45, 2.75) is 45.1 Å². The highest BCUT2D eigenvalue weighted by Gasteiger charge is 2.28. The summed E-state index contributed by atoms with van der Waals surface area (Å²) in [6.07, 6.45) is 15.8. The molecule has 0 radical (unpaired) electrons. The Morgan fingerprint density at radius 3 is 2.54 bits per heavy atom. The van der Waals surface area contributed by atoms with Crippen LogP contribution in [0.5, 0.6) is 0 Å². The smallest absolute Gasteiger partial charge is 0.219 e. The summed E-state index contributed by atoms with van der Waals surface area (Å²) < 4.78 is 5.77. The van der Waals surface area contributed by atoms with Crippen LogP contribution in [0.4, 0.5) is 0 Å². The number of fused-ring (bicyclic) bond motifs is 3. The topological polar surface area (TPSA) is 112 Å². The van der Waals surface area contributed by atoms with Crippen molar-refractivity contribution in [2.24, 2.45) is 14.1 Å². The van der Waals surface area contributed by atoms with E-state index in [1.54, 1.807) is 11.6 Å². The first kappa shape index (κ1) is 25.3. The standard InChI is InChI=1S/C30H32N10O/c1-19(41)39-10-8-24(9-11-39)40-17-20(13-34-40)12-27-32-14-21-4-7-26-28(29(21)35-27)30(38(3)36-26)22-5-6-25(31-15-22)23-16-33-37(2)18-23/h5-6,13-18,24H,4,7-12H2,1-3H3. The molecule has 2 aliphatic rings. The summed E-state index contributed by atoms with van der Waals surface area (Å²) >= 11 is 0. The second-order valence-electron chi connectivity index (χ2n) is 11.0. The summed E-state index contributed by atoms with van der Waals surface area (Å²) in [5.74, 6) is 0.912. The Hall–Kier alpha value is -4.67. The normalized spacial score (nSPS) is 15.1. The average molecular weight is 549 g/mol. The van der Waals surface area contributed by atoms with Gasteiger partial charge in [-0.1, -0.05) is 0 Å². The lowest BCUT2D eigenvalue weighted by Gasteiger charge is -2.31. The Morgan fingerprint density at radius 2 is 1.80 bits per heavy atom. The number of hydrogen-bond donors (Lipinski definition) is 0. The van der Waals surface area contributed by atoms with E-state index in [0.29, 0.717) is 12.5 Å². The van der Waals surface area contributed by atoms with Crippen LogP contribution < -0.4 is 0 Å². The molecule has 0 aromatic carbocycles. The van der Waals surface area contributed by atoms with Gasteiger partial charge in [-0.25, -0.2) is 9.97 Å². The van der Waals surface area contributed by atoms with Gasteiger partial charge in [0, 0.05) is 82.0 Å². The number of amides is 1. The molecule has 11 heteroatoms. The van der Waals surface area contributed by atoms with Crippen LogP contribution >= 0.6 is 0 Å².